The van der Waals surface area contributed by atoms with Gasteiger partial charge in [0.2, 0.25) is 29.5 Å². The molecule has 4 rings (SSSR count). The third kappa shape index (κ3) is 10.9. The Hall–Kier alpha value is -5.23. The maximum absolute atomic E-state index is 13.9. The third-order valence-electron chi connectivity index (χ3n) is 8.34. The van der Waals surface area contributed by atoms with Gasteiger partial charge >= 0.3 is 0 Å². The summed E-state index contributed by atoms with van der Waals surface area (Å²) in [6.45, 7) is 0. The second-order valence-corrected chi connectivity index (χ2v) is 12.1. The minimum atomic E-state index is -1.10. The fourth-order valence-electron chi connectivity index (χ4n) is 5.62. The summed E-state index contributed by atoms with van der Waals surface area (Å²) in [6.07, 6.45) is 2.53. The van der Waals surface area contributed by atoms with Crippen LogP contribution in [0.5, 0.6) is 5.75 Å². The number of amides is 5. The molecule has 1 aliphatic rings. The molecule has 0 bridgehead atoms. The van der Waals surface area contributed by atoms with Crippen molar-refractivity contribution >= 4 is 29.5 Å². The molecule has 12 nitrogen and oxygen atoms in total. The van der Waals surface area contributed by atoms with Crippen LogP contribution in [0.3, 0.4) is 0 Å². The van der Waals surface area contributed by atoms with Crippen molar-refractivity contribution < 1.29 is 29.1 Å². The molecule has 0 aromatic heterocycles. The van der Waals surface area contributed by atoms with Crippen molar-refractivity contribution in [3.63, 3.8) is 0 Å². The van der Waals surface area contributed by atoms with Crippen molar-refractivity contribution in [2.75, 3.05) is 0 Å². The van der Waals surface area contributed by atoms with Crippen LogP contribution in [0.25, 0.3) is 0 Å². The number of benzene rings is 3. The number of nitrogens with two attached hydrogens (primary N) is 2. The first-order chi connectivity index (χ1) is 23.1. The molecule has 0 unspecified atom stereocenters. The van der Waals surface area contributed by atoms with E-state index in [0.717, 1.165) is 16.7 Å². The predicted octanol–water partition coefficient (Wildman–Crippen LogP) is 1.14. The summed E-state index contributed by atoms with van der Waals surface area (Å²) in [4.78, 5) is 66.8. The van der Waals surface area contributed by atoms with E-state index >= 15 is 0 Å². The quantitative estimate of drug-likeness (QED) is 0.179. The van der Waals surface area contributed by atoms with E-state index in [9.17, 15) is 29.1 Å². The average Bonchev–Trinajstić information content (AvgIpc) is 3.07. The van der Waals surface area contributed by atoms with Crippen molar-refractivity contribution in [1.82, 2.24) is 21.3 Å². The standard InChI is InChI=1S/C36H44N6O6/c37-27(20-25-16-18-26(43)19-17-25)33(45)40-29-15-9-3-8-14-28(32(38)44)39-35(47)30(21-23-10-4-1-5-11-23)42-36(48)31(41-34(29)46)22-24-12-6-2-7-13-24/h1-2,4-7,10-13,16-19,27-31,43H,3,8-9,14-15,20-22,37H2,(H2,38,44)(H,39,47)(H,40,45)(H,41,46)(H,42,48)/t27-,28-,29+,30-,31-/m0/s1. The Bertz CT molecular complexity index is 1540. The summed E-state index contributed by atoms with van der Waals surface area (Å²) < 4.78 is 0. The van der Waals surface area contributed by atoms with Gasteiger partial charge in [-0.2, -0.15) is 0 Å². The number of phenolic OH excluding ortho intramolecular Hbond substituents is 1. The van der Waals surface area contributed by atoms with Crippen molar-refractivity contribution in [1.29, 1.82) is 0 Å². The molecule has 9 N–H and O–H groups in total. The second-order valence-electron chi connectivity index (χ2n) is 12.1. The van der Waals surface area contributed by atoms with Crippen LogP contribution < -0.4 is 32.7 Å². The molecule has 5 atom stereocenters. The molecule has 1 saturated heterocycles. The zero-order valence-corrected chi connectivity index (χ0v) is 26.8. The predicted molar refractivity (Wildman–Crippen MR) is 180 cm³/mol. The van der Waals surface area contributed by atoms with Gasteiger partial charge in [0.15, 0.2) is 0 Å². The molecule has 254 valence electrons. The average molecular weight is 657 g/mol. The molecule has 3 aromatic carbocycles. The Labute approximate surface area is 280 Å². The lowest BCUT2D eigenvalue weighted by Crippen LogP contribution is -2.59. The molecule has 3 aromatic rings. The van der Waals surface area contributed by atoms with Crippen LogP contribution in [0.2, 0.25) is 0 Å². The summed E-state index contributed by atoms with van der Waals surface area (Å²) in [7, 11) is 0. The van der Waals surface area contributed by atoms with Crippen molar-refractivity contribution in [2.45, 2.75) is 81.6 Å². The minimum absolute atomic E-state index is 0.0895. The lowest BCUT2D eigenvalue weighted by atomic mass is 10.0. The highest BCUT2D eigenvalue weighted by molar-refractivity contribution is 5.96. The molecule has 12 heteroatoms. The number of carbonyl (C=O) groups excluding carboxylic acids is 5. The van der Waals surface area contributed by atoms with Crippen LogP contribution in [-0.4, -0.2) is 64.9 Å². The fraction of sp³-hybridized carbons (Fsp3) is 0.361. The van der Waals surface area contributed by atoms with E-state index in [4.69, 9.17) is 11.5 Å². The van der Waals surface area contributed by atoms with Crippen molar-refractivity contribution in [3.05, 3.63) is 102 Å². The van der Waals surface area contributed by atoms with Crippen LogP contribution in [0.1, 0.15) is 48.8 Å². The van der Waals surface area contributed by atoms with E-state index in [0.29, 0.717) is 19.3 Å². The lowest BCUT2D eigenvalue weighted by molar-refractivity contribution is -0.134. The van der Waals surface area contributed by atoms with Gasteiger partial charge in [0.05, 0.1) is 6.04 Å². The third-order valence-corrected chi connectivity index (χ3v) is 8.34. The van der Waals surface area contributed by atoms with Gasteiger partial charge in [-0.25, -0.2) is 0 Å². The molecular formula is C36H44N6O6. The van der Waals surface area contributed by atoms with Gasteiger partial charge in [0, 0.05) is 12.8 Å². The topological polar surface area (TPSA) is 206 Å². The number of phenols is 1. The number of hydrogen-bond donors (Lipinski definition) is 7. The molecule has 1 fully saturated rings. The second kappa shape index (κ2) is 17.6. The van der Waals surface area contributed by atoms with Gasteiger partial charge in [0.25, 0.3) is 0 Å². The first-order valence-corrected chi connectivity index (χ1v) is 16.2. The minimum Gasteiger partial charge on any atom is -0.508 e. The Balaban J connectivity index is 1.60. The molecule has 1 aliphatic heterocycles. The van der Waals surface area contributed by atoms with E-state index in [2.05, 4.69) is 21.3 Å². The van der Waals surface area contributed by atoms with Crippen LogP contribution in [0, 0.1) is 0 Å². The molecule has 48 heavy (non-hydrogen) atoms. The first kappa shape index (κ1) is 35.6. The number of nitrogens with one attached hydrogen (secondary N) is 4. The van der Waals surface area contributed by atoms with Crippen LogP contribution in [0.4, 0.5) is 0 Å². The molecule has 0 saturated carbocycles. The maximum Gasteiger partial charge on any atom is 0.243 e. The van der Waals surface area contributed by atoms with Crippen molar-refractivity contribution in [2.24, 2.45) is 11.5 Å². The summed E-state index contributed by atoms with van der Waals surface area (Å²) in [5, 5.41) is 20.7. The number of hydrogen-bond acceptors (Lipinski definition) is 7. The maximum atomic E-state index is 13.9. The molecular weight excluding hydrogens is 612 g/mol. The Morgan fingerprint density at radius 1 is 0.708 bits per heavy atom. The molecule has 0 radical (unpaired) electrons. The van der Waals surface area contributed by atoms with Gasteiger partial charge in [-0.15, -0.1) is 0 Å². The molecule has 5 amide bonds. The van der Waals surface area contributed by atoms with Gasteiger partial charge in [-0.3, -0.25) is 24.0 Å². The molecule has 0 aliphatic carbocycles. The lowest BCUT2D eigenvalue weighted by Gasteiger charge is -2.26. The Morgan fingerprint density at radius 3 is 1.79 bits per heavy atom. The summed E-state index contributed by atoms with van der Waals surface area (Å²) >= 11 is 0. The van der Waals surface area contributed by atoms with E-state index in [1.807, 2.05) is 60.7 Å². The van der Waals surface area contributed by atoms with E-state index in [-0.39, 0.29) is 37.9 Å². The summed E-state index contributed by atoms with van der Waals surface area (Å²) in [5.74, 6) is -2.89. The monoisotopic (exact) mass is 656 g/mol. The number of primary amides is 1. The smallest absolute Gasteiger partial charge is 0.243 e. The Kier molecular flexibility index (Phi) is 13.1. The fourth-order valence-corrected chi connectivity index (χ4v) is 5.62. The summed E-state index contributed by atoms with van der Waals surface area (Å²) in [5.41, 5.74) is 14.1. The van der Waals surface area contributed by atoms with E-state index in [1.165, 1.54) is 12.1 Å². The number of rotatable bonds is 9. The normalized spacial score (nSPS) is 21.7. The molecule has 1 heterocycles. The largest absolute Gasteiger partial charge is 0.508 e. The zero-order chi connectivity index (χ0) is 34.5. The highest BCUT2D eigenvalue weighted by atomic mass is 16.3. The SMILES string of the molecule is NC(=O)[C@@H]1CCCCC[C@@H](NC(=O)[C@@H](N)Cc2ccc(O)cc2)C(=O)N[C@@H](Cc2ccccc2)C(=O)N[C@@H](Cc2ccccc2)C(=O)N1. The van der Waals surface area contributed by atoms with Crippen LogP contribution in [-0.2, 0) is 43.2 Å². The van der Waals surface area contributed by atoms with E-state index in [1.54, 1.807) is 12.1 Å². The summed E-state index contributed by atoms with van der Waals surface area (Å²) in [6, 6.07) is 19.4. The van der Waals surface area contributed by atoms with Gasteiger partial charge < -0.3 is 37.8 Å². The molecule has 0 spiro atoms. The van der Waals surface area contributed by atoms with Crippen LogP contribution in [0.15, 0.2) is 84.9 Å². The van der Waals surface area contributed by atoms with Gasteiger partial charge in [-0.05, 0) is 48.1 Å². The van der Waals surface area contributed by atoms with Gasteiger partial charge in [-0.1, -0.05) is 92.1 Å². The Morgan fingerprint density at radius 2 is 1.23 bits per heavy atom. The zero-order valence-electron chi connectivity index (χ0n) is 26.8. The van der Waals surface area contributed by atoms with Crippen LogP contribution >= 0.6 is 0 Å². The number of carbonyl (C=O) groups is 5. The number of aromatic hydroxyl groups is 1. The highest BCUT2D eigenvalue weighted by Gasteiger charge is 2.32. The van der Waals surface area contributed by atoms with Gasteiger partial charge in [0.1, 0.15) is 29.9 Å². The highest BCUT2D eigenvalue weighted by Crippen LogP contribution is 2.14. The first-order valence-electron chi connectivity index (χ1n) is 16.2. The van der Waals surface area contributed by atoms with E-state index < -0.39 is 59.7 Å². The van der Waals surface area contributed by atoms with Crippen molar-refractivity contribution in [3.8, 4) is 5.75 Å².